The van der Waals surface area contributed by atoms with Crippen LogP contribution in [0.15, 0.2) is 23.4 Å². The molecule has 0 bridgehead atoms. The van der Waals surface area contributed by atoms with E-state index in [-0.39, 0.29) is 47.5 Å². The first kappa shape index (κ1) is 19.4. The Bertz CT molecular complexity index is 849. The van der Waals surface area contributed by atoms with Gasteiger partial charge in [-0.15, -0.1) is 0 Å². The number of nitro groups is 1. The summed E-state index contributed by atoms with van der Waals surface area (Å²) >= 11 is 0. The maximum Gasteiger partial charge on any atom is 0.355 e. The molecule has 0 atom stereocenters. The van der Waals surface area contributed by atoms with Crippen LogP contribution in [0.2, 0.25) is 0 Å². The molecular formula is C17H18N2O9. The predicted octanol–water partition coefficient (Wildman–Crippen LogP) is 1.15. The number of fused-ring (bicyclic) bond motifs is 1. The SMILES string of the molecule is COC(=O)C1=C(C(=O)OC)N(c2cc3c(cc2[N+](=O)[O-])OCCCO3)COC1. The average Bonchev–Trinajstić information content (AvgIpc) is 2.95. The fourth-order valence-electron chi connectivity index (χ4n) is 2.88. The summed E-state index contributed by atoms with van der Waals surface area (Å²) in [6.45, 7) is 0.307. The molecule has 0 unspecified atom stereocenters. The highest BCUT2D eigenvalue weighted by Crippen LogP contribution is 2.42. The van der Waals surface area contributed by atoms with Crippen molar-refractivity contribution in [2.45, 2.75) is 6.42 Å². The fraction of sp³-hybridized carbons (Fsp3) is 0.412. The highest BCUT2D eigenvalue weighted by molar-refractivity contribution is 6.04. The van der Waals surface area contributed by atoms with Gasteiger partial charge in [-0.05, 0) is 0 Å². The van der Waals surface area contributed by atoms with Gasteiger partial charge >= 0.3 is 11.9 Å². The number of nitro benzene ring substituents is 1. The van der Waals surface area contributed by atoms with Crippen LogP contribution in [-0.2, 0) is 23.8 Å². The van der Waals surface area contributed by atoms with Gasteiger partial charge in [0.15, 0.2) is 11.5 Å². The predicted molar refractivity (Wildman–Crippen MR) is 93.1 cm³/mol. The summed E-state index contributed by atoms with van der Waals surface area (Å²) < 4.78 is 25.9. The maximum atomic E-state index is 12.4. The number of esters is 2. The van der Waals surface area contributed by atoms with E-state index in [2.05, 4.69) is 0 Å². The van der Waals surface area contributed by atoms with E-state index in [1.54, 1.807) is 0 Å². The molecule has 0 aromatic heterocycles. The smallest absolute Gasteiger partial charge is 0.355 e. The van der Waals surface area contributed by atoms with E-state index in [1.807, 2.05) is 0 Å². The Morgan fingerprint density at radius 2 is 1.75 bits per heavy atom. The number of anilines is 1. The Morgan fingerprint density at radius 3 is 2.36 bits per heavy atom. The molecule has 0 fully saturated rings. The molecule has 0 aliphatic carbocycles. The van der Waals surface area contributed by atoms with E-state index in [1.165, 1.54) is 17.0 Å². The van der Waals surface area contributed by atoms with Crippen LogP contribution in [0.1, 0.15) is 6.42 Å². The third kappa shape index (κ3) is 3.56. The van der Waals surface area contributed by atoms with Crippen LogP contribution in [0.5, 0.6) is 11.5 Å². The standard InChI is InChI=1S/C17H18N2O9/c1-24-16(20)10-8-26-9-18(15(10)17(21)25-2)11-6-13-14(7-12(11)19(22)23)28-5-3-4-27-13/h6-7H,3-5,8-9H2,1-2H3. The quantitative estimate of drug-likeness (QED) is 0.417. The fourth-order valence-corrected chi connectivity index (χ4v) is 2.88. The molecule has 3 rings (SSSR count). The van der Waals surface area contributed by atoms with E-state index in [0.717, 1.165) is 14.2 Å². The van der Waals surface area contributed by atoms with Crippen molar-refractivity contribution in [2.24, 2.45) is 0 Å². The molecule has 0 radical (unpaired) electrons. The summed E-state index contributed by atoms with van der Waals surface area (Å²) in [4.78, 5) is 36.7. The average molecular weight is 394 g/mol. The Kier molecular flexibility index (Phi) is 5.64. The zero-order valence-electron chi connectivity index (χ0n) is 15.3. The second-order valence-electron chi connectivity index (χ2n) is 5.81. The number of hydrogen-bond donors (Lipinski definition) is 0. The topological polar surface area (TPSA) is 127 Å². The first-order chi connectivity index (χ1) is 13.5. The van der Waals surface area contributed by atoms with Gasteiger partial charge in [-0.3, -0.25) is 10.1 Å². The molecule has 2 aliphatic heterocycles. The molecule has 1 aromatic rings. The number of benzene rings is 1. The van der Waals surface area contributed by atoms with Crippen LogP contribution < -0.4 is 14.4 Å². The first-order valence-electron chi connectivity index (χ1n) is 8.31. The number of methoxy groups -OCH3 is 2. The second kappa shape index (κ2) is 8.13. The van der Waals surface area contributed by atoms with Gasteiger partial charge in [-0.25, -0.2) is 9.59 Å². The molecule has 150 valence electrons. The minimum Gasteiger partial charge on any atom is -0.489 e. The van der Waals surface area contributed by atoms with E-state index in [9.17, 15) is 19.7 Å². The zero-order chi connectivity index (χ0) is 20.3. The van der Waals surface area contributed by atoms with E-state index >= 15 is 0 Å². The summed E-state index contributed by atoms with van der Waals surface area (Å²) in [5.74, 6) is -1.15. The van der Waals surface area contributed by atoms with Gasteiger partial charge in [0.2, 0.25) is 0 Å². The Hall–Kier alpha value is -3.34. The Labute approximate surface area is 159 Å². The van der Waals surface area contributed by atoms with Crippen LogP contribution >= 0.6 is 0 Å². The van der Waals surface area contributed by atoms with Crippen LogP contribution in [0.3, 0.4) is 0 Å². The van der Waals surface area contributed by atoms with E-state index in [4.69, 9.17) is 23.7 Å². The molecule has 0 saturated heterocycles. The van der Waals surface area contributed by atoms with Gasteiger partial charge in [0.05, 0.1) is 50.6 Å². The third-order valence-electron chi connectivity index (χ3n) is 4.17. The van der Waals surface area contributed by atoms with Crippen LogP contribution in [0, 0.1) is 10.1 Å². The van der Waals surface area contributed by atoms with Gasteiger partial charge in [0.25, 0.3) is 5.69 Å². The Morgan fingerprint density at radius 1 is 1.11 bits per heavy atom. The molecule has 0 N–H and O–H groups in total. The number of ether oxygens (including phenoxy) is 5. The zero-order valence-corrected chi connectivity index (χ0v) is 15.3. The lowest BCUT2D eigenvalue weighted by Gasteiger charge is -2.31. The van der Waals surface area contributed by atoms with Crippen molar-refractivity contribution < 1.29 is 38.2 Å². The lowest BCUT2D eigenvalue weighted by Crippen LogP contribution is -2.39. The van der Waals surface area contributed by atoms with Crippen molar-refractivity contribution in [2.75, 3.05) is 45.7 Å². The van der Waals surface area contributed by atoms with Crippen LogP contribution in [0.25, 0.3) is 0 Å². The van der Waals surface area contributed by atoms with Crippen molar-refractivity contribution in [1.82, 2.24) is 0 Å². The summed E-state index contributed by atoms with van der Waals surface area (Å²) in [6.07, 6.45) is 0.616. The van der Waals surface area contributed by atoms with Crippen molar-refractivity contribution in [3.63, 3.8) is 0 Å². The molecular weight excluding hydrogens is 376 g/mol. The van der Waals surface area contributed by atoms with Crippen LogP contribution in [-0.4, -0.2) is 57.6 Å². The number of hydrogen-bond acceptors (Lipinski definition) is 10. The monoisotopic (exact) mass is 394 g/mol. The number of carbonyl (C=O) groups is 2. The molecule has 1 aromatic carbocycles. The molecule has 11 nitrogen and oxygen atoms in total. The molecule has 2 heterocycles. The molecule has 0 saturated carbocycles. The van der Waals surface area contributed by atoms with E-state index < -0.39 is 16.9 Å². The van der Waals surface area contributed by atoms with Crippen molar-refractivity contribution in [3.8, 4) is 11.5 Å². The summed E-state index contributed by atoms with van der Waals surface area (Å²) in [7, 11) is 2.29. The lowest BCUT2D eigenvalue weighted by molar-refractivity contribution is -0.384. The number of rotatable bonds is 4. The van der Waals surface area contributed by atoms with Crippen molar-refractivity contribution in [3.05, 3.63) is 33.5 Å². The largest absolute Gasteiger partial charge is 0.489 e. The highest BCUT2D eigenvalue weighted by Gasteiger charge is 2.36. The summed E-state index contributed by atoms with van der Waals surface area (Å²) in [5.41, 5.74) is -0.656. The van der Waals surface area contributed by atoms with Gasteiger partial charge in [-0.2, -0.15) is 0 Å². The van der Waals surface area contributed by atoms with Crippen LogP contribution in [0.4, 0.5) is 11.4 Å². The minimum absolute atomic E-state index is 0.00393. The third-order valence-corrected chi connectivity index (χ3v) is 4.17. The van der Waals surface area contributed by atoms with E-state index in [0.29, 0.717) is 19.6 Å². The highest BCUT2D eigenvalue weighted by atomic mass is 16.6. The lowest BCUT2D eigenvalue weighted by atomic mass is 10.1. The minimum atomic E-state index is -0.856. The summed E-state index contributed by atoms with van der Waals surface area (Å²) in [5, 5.41) is 11.7. The number of nitrogens with zero attached hydrogens (tertiary/aromatic N) is 2. The Balaban J connectivity index is 2.19. The number of carbonyl (C=O) groups excluding carboxylic acids is 2. The molecule has 0 spiro atoms. The normalized spacial score (nSPS) is 16.3. The van der Waals surface area contributed by atoms with Gasteiger partial charge in [0.1, 0.15) is 18.1 Å². The summed E-state index contributed by atoms with van der Waals surface area (Å²) in [6, 6.07) is 2.60. The second-order valence-corrected chi connectivity index (χ2v) is 5.81. The van der Waals surface area contributed by atoms with Gasteiger partial charge in [0, 0.05) is 12.5 Å². The molecule has 28 heavy (non-hydrogen) atoms. The molecule has 11 heteroatoms. The first-order valence-corrected chi connectivity index (χ1v) is 8.31. The molecule has 0 amide bonds. The molecule has 2 aliphatic rings. The maximum absolute atomic E-state index is 12.4. The van der Waals surface area contributed by atoms with Gasteiger partial charge < -0.3 is 28.6 Å². The van der Waals surface area contributed by atoms with Crippen molar-refractivity contribution >= 4 is 23.3 Å². The van der Waals surface area contributed by atoms with Crippen molar-refractivity contribution in [1.29, 1.82) is 0 Å². The van der Waals surface area contributed by atoms with Gasteiger partial charge in [-0.1, -0.05) is 0 Å².